The third-order valence-electron chi connectivity index (χ3n) is 2.82. The van der Waals surface area contributed by atoms with E-state index < -0.39 is 34.9 Å². The van der Waals surface area contributed by atoms with Gasteiger partial charge in [-0.3, -0.25) is 4.79 Å². The van der Waals surface area contributed by atoms with Crippen molar-refractivity contribution < 1.29 is 22.4 Å². The van der Waals surface area contributed by atoms with E-state index in [1.54, 1.807) is 0 Å². The largest absolute Gasteiger partial charge is 0.376 e. The highest BCUT2D eigenvalue weighted by Crippen LogP contribution is 2.24. The van der Waals surface area contributed by atoms with Gasteiger partial charge in [0, 0.05) is 18.2 Å². The molecule has 3 nitrogen and oxygen atoms in total. The monoisotopic (exact) mass is 298 g/mol. The number of benzene rings is 2. The summed E-state index contributed by atoms with van der Waals surface area (Å²) in [5, 5.41) is 2.28. The number of rotatable bonds is 4. The van der Waals surface area contributed by atoms with Crippen molar-refractivity contribution in [3.8, 4) is 0 Å². The minimum atomic E-state index is -1.50. The predicted octanol–water partition coefficient (Wildman–Crippen LogP) is 2.95. The lowest BCUT2D eigenvalue weighted by Crippen LogP contribution is -2.11. The van der Waals surface area contributed by atoms with Gasteiger partial charge >= 0.3 is 0 Å². The van der Waals surface area contributed by atoms with Crippen LogP contribution in [0.1, 0.15) is 15.9 Å². The second kappa shape index (κ2) is 5.82. The first-order valence-corrected chi connectivity index (χ1v) is 5.85. The second-order valence-corrected chi connectivity index (χ2v) is 4.26. The molecule has 0 aliphatic rings. The SMILES string of the molecule is NC(=O)c1ccc(CNc2c(F)c(F)cc(F)c2F)cc1. The first-order valence-electron chi connectivity index (χ1n) is 5.85. The first kappa shape index (κ1) is 14.8. The average molecular weight is 298 g/mol. The van der Waals surface area contributed by atoms with E-state index in [1.807, 2.05) is 0 Å². The maximum Gasteiger partial charge on any atom is 0.248 e. The van der Waals surface area contributed by atoms with Crippen molar-refractivity contribution in [1.29, 1.82) is 0 Å². The van der Waals surface area contributed by atoms with Gasteiger partial charge in [-0.1, -0.05) is 12.1 Å². The van der Waals surface area contributed by atoms with Crippen molar-refractivity contribution >= 4 is 11.6 Å². The lowest BCUT2D eigenvalue weighted by molar-refractivity contribution is 0.100. The third-order valence-corrected chi connectivity index (χ3v) is 2.82. The van der Waals surface area contributed by atoms with Gasteiger partial charge < -0.3 is 11.1 Å². The Morgan fingerprint density at radius 1 is 1.00 bits per heavy atom. The Hall–Kier alpha value is -2.57. The number of carbonyl (C=O) groups is 1. The highest BCUT2D eigenvalue weighted by molar-refractivity contribution is 5.92. The van der Waals surface area contributed by atoms with Gasteiger partial charge in [-0.05, 0) is 17.7 Å². The van der Waals surface area contributed by atoms with E-state index in [-0.39, 0.29) is 18.2 Å². The van der Waals surface area contributed by atoms with E-state index in [0.717, 1.165) is 0 Å². The molecule has 21 heavy (non-hydrogen) atoms. The van der Waals surface area contributed by atoms with Gasteiger partial charge in [-0.25, -0.2) is 17.6 Å². The predicted molar refractivity (Wildman–Crippen MR) is 68.6 cm³/mol. The van der Waals surface area contributed by atoms with Crippen LogP contribution in [0.25, 0.3) is 0 Å². The van der Waals surface area contributed by atoms with E-state index in [2.05, 4.69) is 5.32 Å². The summed E-state index contributed by atoms with van der Waals surface area (Å²) in [6.07, 6.45) is 0. The molecule has 0 spiro atoms. The van der Waals surface area contributed by atoms with E-state index in [4.69, 9.17) is 5.73 Å². The third kappa shape index (κ3) is 3.13. The highest BCUT2D eigenvalue weighted by Gasteiger charge is 2.18. The maximum absolute atomic E-state index is 13.4. The molecular weight excluding hydrogens is 288 g/mol. The molecule has 0 unspecified atom stereocenters. The Morgan fingerprint density at radius 3 is 2.00 bits per heavy atom. The van der Waals surface area contributed by atoms with Crippen molar-refractivity contribution in [2.45, 2.75) is 6.54 Å². The Bertz CT molecular complexity index is 660. The summed E-state index contributed by atoms with van der Waals surface area (Å²) < 4.78 is 52.8. The van der Waals surface area contributed by atoms with Gasteiger partial charge in [0.05, 0.1) is 0 Å². The quantitative estimate of drug-likeness (QED) is 0.673. The van der Waals surface area contributed by atoms with Gasteiger partial charge in [-0.2, -0.15) is 0 Å². The molecule has 0 heterocycles. The lowest BCUT2D eigenvalue weighted by Gasteiger charge is -2.10. The van der Waals surface area contributed by atoms with E-state index in [9.17, 15) is 22.4 Å². The fourth-order valence-corrected chi connectivity index (χ4v) is 1.71. The fraction of sp³-hybridized carbons (Fsp3) is 0.0714. The number of nitrogens with two attached hydrogens (primary N) is 1. The van der Waals surface area contributed by atoms with Crippen molar-refractivity contribution in [3.05, 3.63) is 64.7 Å². The summed E-state index contributed by atoms with van der Waals surface area (Å²) in [7, 11) is 0. The standard InChI is InChI=1S/C14H10F4N2O/c15-9-5-10(16)12(18)13(11(9)17)20-6-7-1-3-8(4-2-7)14(19)21/h1-5,20H,6H2,(H2,19,21). The zero-order valence-electron chi connectivity index (χ0n) is 10.6. The normalized spacial score (nSPS) is 10.5. The van der Waals surface area contributed by atoms with Crippen LogP contribution in [0.2, 0.25) is 0 Å². The number of carbonyl (C=O) groups excluding carboxylic acids is 1. The zero-order valence-corrected chi connectivity index (χ0v) is 10.6. The topological polar surface area (TPSA) is 55.1 Å². The molecule has 0 aliphatic heterocycles. The van der Waals surface area contributed by atoms with Gasteiger partial charge in [0.1, 0.15) is 5.69 Å². The average Bonchev–Trinajstić information content (AvgIpc) is 2.45. The molecule has 2 aromatic rings. The van der Waals surface area contributed by atoms with E-state index in [0.29, 0.717) is 5.56 Å². The highest BCUT2D eigenvalue weighted by atomic mass is 19.2. The molecule has 1 amide bonds. The number of hydrogen-bond donors (Lipinski definition) is 2. The van der Waals surface area contributed by atoms with Crippen molar-refractivity contribution in [1.82, 2.24) is 0 Å². The molecule has 0 aromatic heterocycles. The molecule has 7 heteroatoms. The zero-order chi connectivity index (χ0) is 15.6. The van der Waals surface area contributed by atoms with E-state index >= 15 is 0 Å². The van der Waals surface area contributed by atoms with Crippen LogP contribution in [0.5, 0.6) is 0 Å². The Labute approximate surface area is 117 Å². The molecule has 0 atom stereocenters. The summed E-state index contributed by atoms with van der Waals surface area (Å²) in [5.41, 5.74) is 5.00. The maximum atomic E-state index is 13.4. The van der Waals surface area contributed by atoms with Gasteiger partial charge in [-0.15, -0.1) is 0 Å². The van der Waals surface area contributed by atoms with Crippen LogP contribution >= 0.6 is 0 Å². The smallest absolute Gasteiger partial charge is 0.248 e. The molecule has 3 N–H and O–H groups in total. The molecular formula is C14H10F4N2O. The summed E-state index contributed by atoms with van der Waals surface area (Å²) in [4.78, 5) is 10.9. The molecule has 0 fully saturated rings. The van der Waals surface area contributed by atoms with Gasteiger partial charge in [0.25, 0.3) is 0 Å². The van der Waals surface area contributed by atoms with Crippen LogP contribution in [0.3, 0.4) is 0 Å². The van der Waals surface area contributed by atoms with Gasteiger partial charge in [0.15, 0.2) is 23.3 Å². The van der Waals surface area contributed by atoms with Crippen LogP contribution in [-0.4, -0.2) is 5.91 Å². The minimum absolute atomic E-state index is 0.0875. The number of hydrogen-bond acceptors (Lipinski definition) is 2. The summed E-state index contributed by atoms with van der Waals surface area (Å²) in [5.74, 6) is -6.58. The van der Waals surface area contributed by atoms with Gasteiger partial charge in [0.2, 0.25) is 5.91 Å². The number of nitrogens with one attached hydrogen (secondary N) is 1. The Balaban J connectivity index is 2.18. The van der Waals surface area contributed by atoms with Crippen LogP contribution in [-0.2, 0) is 6.54 Å². The Morgan fingerprint density at radius 2 is 1.52 bits per heavy atom. The summed E-state index contributed by atoms with van der Waals surface area (Å²) >= 11 is 0. The molecule has 0 saturated heterocycles. The van der Waals surface area contributed by atoms with Crippen molar-refractivity contribution in [2.24, 2.45) is 5.73 Å². The summed E-state index contributed by atoms with van der Waals surface area (Å²) in [6.45, 7) is -0.0875. The number of halogens is 4. The number of anilines is 1. The molecule has 0 aliphatic carbocycles. The molecule has 0 bridgehead atoms. The number of amides is 1. The van der Waals surface area contributed by atoms with Crippen LogP contribution in [0.4, 0.5) is 23.2 Å². The minimum Gasteiger partial charge on any atom is -0.376 e. The first-order chi connectivity index (χ1) is 9.90. The fourth-order valence-electron chi connectivity index (χ4n) is 1.71. The van der Waals surface area contributed by atoms with Crippen LogP contribution < -0.4 is 11.1 Å². The van der Waals surface area contributed by atoms with Crippen LogP contribution in [0.15, 0.2) is 30.3 Å². The Kier molecular flexibility index (Phi) is 4.11. The second-order valence-electron chi connectivity index (χ2n) is 4.26. The molecule has 110 valence electrons. The molecule has 0 radical (unpaired) electrons. The van der Waals surface area contributed by atoms with E-state index in [1.165, 1.54) is 24.3 Å². The van der Waals surface area contributed by atoms with Crippen molar-refractivity contribution in [3.63, 3.8) is 0 Å². The summed E-state index contributed by atoms with van der Waals surface area (Å²) in [6, 6.07) is 5.99. The molecule has 2 aromatic carbocycles. The molecule has 2 rings (SSSR count). The number of primary amides is 1. The lowest BCUT2D eigenvalue weighted by atomic mass is 10.1. The van der Waals surface area contributed by atoms with Crippen molar-refractivity contribution in [2.75, 3.05) is 5.32 Å². The molecule has 0 saturated carbocycles. The van der Waals surface area contributed by atoms with Crippen LogP contribution in [0, 0.1) is 23.3 Å².